The number of aliphatic carboxylic acids is 1. The molecule has 1 rings (SSSR count). The van der Waals surface area contributed by atoms with Crippen molar-refractivity contribution < 1.29 is 14.6 Å². The zero-order valence-corrected chi connectivity index (χ0v) is 7.99. The number of anilines is 1. The first-order valence-corrected chi connectivity index (χ1v) is 4.30. The SMILES string of the molecule is Cc1ccc(N)cc1OCCC(=O)O. The second-order valence-corrected chi connectivity index (χ2v) is 3.02. The summed E-state index contributed by atoms with van der Waals surface area (Å²) in [5.41, 5.74) is 7.12. The highest BCUT2D eigenvalue weighted by molar-refractivity contribution is 5.66. The Kier molecular flexibility index (Phi) is 3.34. The van der Waals surface area contributed by atoms with Crippen molar-refractivity contribution in [1.29, 1.82) is 0 Å². The van der Waals surface area contributed by atoms with Gasteiger partial charge in [-0.05, 0) is 18.6 Å². The van der Waals surface area contributed by atoms with Crippen LogP contribution in [-0.4, -0.2) is 17.7 Å². The molecule has 0 aliphatic carbocycles. The molecule has 0 heterocycles. The van der Waals surface area contributed by atoms with E-state index in [1.54, 1.807) is 12.1 Å². The molecule has 0 aliphatic heterocycles. The molecule has 0 unspecified atom stereocenters. The normalized spacial score (nSPS) is 9.79. The number of carboxylic acid groups (broad SMARTS) is 1. The van der Waals surface area contributed by atoms with Crippen LogP contribution in [0.2, 0.25) is 0 Å². The Morgan fingerprint density at radius 1 is 1.57 bits per heavy atom. The zero-order valence-electron chi connectivity index (χ0n) is 7.99. The summed E-state index contributed by atoms with van der Waals surface area (Å²) in [7, 11) is 0. The number of hydrogen-bond acceptors (Lipinski definition) is 3. The minimum absolute atomic E-state index is 0.00572. The van der Waals surface area contributed by atoms with E-state index >= 15 is 0 Å². The topological polar surface area (TPSA) is 72.5 Å². The third-order valence-corrected chi connectivity index (χ3v) is 1.79. The lowest BCUT2D eigenvalue weighted by Crippen LogP contribution is -2.05. The molecule has 76 valence electrons. The van der Waals surface area contributed by atoms with Crippen LogP contribution in [0.15, 0.2) is 18.2 Å². The Bertz CT molecular complexity index is 336. The maximum absolute atomic E-state index is 10.2. The average molecular weight is 195 g/mol. The third-order valence-electron chi connectivity index (χ3n) is 1.79. The molecule has 3 N–H and O–H groups in total. The quantitative estimate of drug-likeness (QED) is 0.713. The van der Waals surface area contributed by atoms with Crippen molar-refractivity contribution in [1.82, 2.24) is 0 Å². The fraction of sp³-hybridized carbons (Fsp3) is 0.300. The van der Waals surface area contributed by atoms with Crippen molar-refractivity contribution in [2.75, 3.05) is 12.3 Å². The summed E-state index contributed by atoms with van der Waals surface area (Å²) in [6.45, 7) is 2.05. The van der Waals surface area contributed by atoms with E-state index in [0.717, 1.165) is 5.56 Å². The second-order valence-electron chi connectivity index (χ2n) is 3.02. The van der Waals surface area contributed by atoms with E-state index in [9.17, 15) is 4.79 Å². The number of rotatable bonds is 4. The summed E-state index contributed by atoms with van der Waals surface area (Å²) in [4.78, 5) is 10.2. The van der Waals surface area contributed by atoms with E-state index in [2.05, 4.69) is 0 Å². The summed E-state index contributed by atoms with van der Waals surface area (Å²) < 4.78 is 5.27. The van der Waals surface area contributed by atoms with Crippen molar-refractivity contribution in [3.05, 3.63) is 23.8 Å². The van der Waals surface area contributed by atoms with Crippen LogP contribution < -0.4 is 10.5 Å². The van der Waals surface area contributed by atoms with Gasteiger partial charge in [-0.3, -0.25) is 4.79 Å². The highest BCUT2D eigenvalue weighted by Crippen LogP contribution is 2.20. The molecule has 0 bridgehead atoms. The highest BCUT2D eigenvalue weighted by Gasteiger charge is 2.01. The number of ether oxygens (including phenoxy) is 1. The minimum Gasteiger partial charge on any atom is -0.493 e. The van der Waals surface area contributed by atoms with Crippen LogP contribution >= 0.6 is 0 Å². The van der Waals surface area contributed by atoms with Crippen molar-refractivity contribution in [3.8, 4) is 5.75 Å². The molecule has 0 radical (unpaired) electrons. The molecule has 0 aliphatic rings. The van der Waals surface area contributed by atoms with Gasteiger partial charge in [-0.15, -0.1) is 0 Å². The van der Waals surface area contributed by atoms with E-state index in [1.807, 2.05) is 13.0 Å². The number of benzene rings is 1. The van der Waals surface area contributed by atoms with Crippen LogP contribution in [-0.2, 0) is 4.79 Å². The Morgan fingerprint density at radius 2 is 2.29 bits per heavy atom. The molecule has 1 aromatic carbocycles. The third kappa shape index (κ3) is 2.97. The van der Waals surface area contributed by atoms with E-state index < -0.39 is 5.97 Å². The maximum atomic E-state index is 10.2. The summed E-state index contributed by atoms with van der Waals surface area (Å²) in [5, 5.41) is 8.41. The number of nitrogens with two attached hydrogens (primary N) is 1. The van der Waals surface area contributed by atoms with Gasteiger partial charge >= 0.3 is 5.97 Å². The van der Waals surface area contributed by atoms with Gasteiger partial charge in [0, 0.05) is 11.8 Å². The Hall–Kier alpha value is -1.71. The Morgan fingerprint density at radius 3 is 2.93 bits per heavy atom. The summed E-state index contributed by atoms with van der Waals surface area (Å²) in [5.74, 6) is -0.224. The van der Waals surface area contributed by atoms with Crippen LogP contribution in [0.1, 0.15) is 12.0 Å². The van der Waals surface area contributed by atoms with Crippen LogP contribution in [0.3, 0.4) is 0 Å². The van der Waals surface area contributed by atoms with E-state index in [4.69, 9.17) is 15.6 Å². The van der Waals surface area contributed by atoms with Crippen LogP contribution in [0.4, 0.5) is 5.69 Å². The lowest BCUT2D eigenvalue weighted by atomic mass is 10.2. The Labute approximate surface area is 82.3 Å². The van der Waals surface area contributed by atoms with Crippen LogP contribution in [0.25, 0.3) is 0 Å². The van der Waals surface area contributed by atoms with Gasteiger partial charge in [-0.25, -0.2) is 0 Å². The molecule has 0 saturated heterocycles. The molecule has 0 atom stereocenters. The fourth-order valence-corrected chi connectivity index (χ4v) is 1.02. The predicted octanol–water partition coefficient (Wildman–Crippen LogP) is 1.43. The van der Waals surface area contributed by atoms with Gasteiger partial charge in [0.05, 0.1) is 13.0 Å². The second kappa shape index (κ2) is 4.50. The van der Waals surface area contributed by atoms with E-state index in [1.165, 1.54) is 0 Å². The molecule has 0 saturated carbocycles. The first-order chi connectivity index (χ1) is 6.59. The number of hydrogen-bond donors (Lipinski definition) is 2. The van der Waals surface area contributed by atoms with Gasteiger partial charge in [-0.1, -0.05) is 6.07 Å². The monoisotopic (exact) mass is 195 g/mol. The number of carboxylic acids is 1. The molecule has 14 heavy (non-hydrogen) atoms. The maximum Gasteiger partial charge on any atom is 0.306 e. The van der Waals surface area contributed by atoms with Gasteiger partial charge < -0.3 is 15.6 Å². The largest absolute Gasteiger partial charge is 0.493 e. The van der Waals surface area contributed by atoms with Crippen molar-refractivity contribution in [2.45, 2.75) is 13.3 Å². The summed E-state index contributed by atoms with van der Waals surface area (Å²) in [6.07, 6.45) is -0.00572. The molecule has 4 heteroatoms. The smallest absolute Gasteiger partial charge is 0.306 e. The molecule has 0 amide bonds. The van der Waals surface area contributed by atoms with Crippen molar-refractivity contribution in [2.24, 2.45) is 0 Å². The molecule has 0 spiro atoms. The molecule has 4 nitrogen and oxygen atoms in total. The lowest BCUT2D eigenvalue weighted by molar-refractivity contribution is -0.137. The molecule has 1 aromatic rings. The number of carbonyl (C=O) groups is 1. The molecule has 0 aromatic heterocycles. The van der Waals surface area contributed by atoms with Gasteiger partial charge in [0.25, 0.3) is 0 Å². The predicted molar refractivity (Wildman–Crippen MR) is 53.3 cm³/mol. The fourth-order valence-electron chi connectivity index (χ4n) is 1.02. The first kappa shape index (κ1) is 10.4. The van der Waals surface area contributed by atoms with Gasteiger partial charge in [0.15, 0.2) is 0 Å². The molecule has 0 fully saturated rings. The summed E-state index contributed by atoms with van der Waals surface area (Å²) >= 11 is 0. The minimum atomic E-state index is -0.869. The number of aryl methyl sites for hydroxylation is 1. The Balaban J connectivity index is 2.57. The first-order valence-electron chi connectivity index (χ1n) is 4.30. The van der Waals surface area contributed by atoms with Crippen LogP contribution in [0, 0.1) is 6.92 Å². The van der Waals surface area contributed by atoms with E-state index in [-0.39, 0.29) is 13.0 Å². The van der Waals surface area contributed by atoms with Gasteiger partial charge in [0.2, 0.25) is 0 Å². The summed E-state index contributed by atoms with van der Waals surface area (Å²) in [6, 6.07) is 5.31. The van der Waals surface area contributed by atoms with Gasteiger partial charge in [-0.2, -0.15) is 0 Å². The number of nitrogen functional groups attached to an aromatic ring is 1. The average Bonchev–Trinajstić information content (AvgIpc) is 2.10. The standard InChI is InChI=1S/C10H13NO3/c1-7-2-3-8(11)6-9(7)14-5-4-10(12)13/h2-3,6H,4-5,11H2,1H3,(H,12,13). The van der Waals surface area contributed by atoms with Crippen molar-refractivity contribution in [3.63, 3.8) is 0 Å². The molecular formula is C10H13NO3. The van der Waals surface area contributed by atoms with E-state index in [0.29, 0.717) is 11.4 Å². The highest BCUT2D eigenvalue weighted by atomic mass is 16.5. The van der Waals surface area contributed by atoms with Crippen molar-refractivity contribution >= 4 is 11.7 Å². The molecular weight excluding hydrogens is 182 g/mol. The lowest BCUT2D eigenvalue weighted by Gasteiger charge is -2.08. The zero-order chi connectivity index (χ0) is 10.6. The van der Waals surface area contributed by atoms with Crippen LogP contribution in [0.5, 0.6) is 5.75 Å². The van der Waals surface area contributed by atoms with Gasteiger partial charge in [0.1, 0.15) is 5.75 Å².